The fourth-order valence-electron chi connectivity index (χ4n) is 5.13. The quantitative estimate of drug-likeness (QED) is 0.608. The fourth-order valence-corrected chi connectivity index (χ4v) is 6.03. The molecule has 0 radical (unpaired) electrons. The number of hydrogen-bond donors (Lipinski definition) is 0. The summed E-state index contributed by atoms with van der Waals surface area (Å²) in [6, 6.07) is 14.6. The first kappa shape index (κ1) is 23.3. The van der Waals surface area contributed by atoms with Crippen LogP contribution in [0.15, 0.2) is 42.5 Å². The number of thioether (sulfide) groups is 1. The number of nitrogens with zero attached hydrogens (tertiary/aromatic N) is 2. The van der Waals surface area contributed by atoms with Gasteiger partial charge in [0.2, 0.25) is 5.91 Å². The summed E-state index contributed by atoms with van der Waals surface area (Å²) >= 11 is 1.90. The minimum Gasteiger partial charge on any atom is -0.481 e. The second-order valence-electron chi connectivity index (χ2n) is 9.69. The molecule has 1 saturated carbocycles. The van der Waals surface area contributed by atoms with Crippen LogP contribution in [0.5, 0.6) is 5.75 Å². The van der Waals surface area contributed by atoms with Crippen molar-refractivity contribution in [2.75, 3.05) is 31.1 Å². The standard InChI is InChI=1S/C28H34N2O3S/c1-3-25(28(32)29-13-15-34-16-14-29)33-23-10-9-20-11-12-30(27(31)21-7-8-21)26(24(20)18-23)22-6-4-5-19(2)17-22/h4-6,9-10,17-18,21,25-26H,3,7-8,11-16H2,1-2H3/t25-,26-/m1/s1. The smallest absolute Gasteiger partial charge is 0.263 e. The van der Waals surface area contributed by atoms with Crippen molar-refractivity contribution in [3.63, 3.8) is 0 Å². The molecule has 2 amide bonds. The third kappa shape index (κ3) is 4.83. The van der Waals surface area contributed by atoms with Crippen LogP contribution >= 0.6 is 11.8 Å². The van der Waals surface area contributed by atoms with Crippen LogP contribution in [0.25, 0.3) is 0 Å². The van der Waals surface area contributed by atoms with Gasteiger partial charge in [0.15, 0.2) is 6.10 Å². The minimum absolute atomic E-state index is 0.0845. The van der Waals surface area contributed by atoms with Gasteiger partial charge in [-0.1, -0.05) is 42.8 Å². The SMILES string of the molecule is CC[C@@H](Oc1ccc2c(c1)[C@@H](c1cccc(C)c1)N(C(=O)C1CC1)CC2)C(=O)N1CCSCC1. The van der Waals surface area contributed by atoms with Gasteiger partial charge in [-0.05, 0) is 61.4 Å². The van der Waals surface area contributed by atoms with Crippen molar-refractivity contribution in [3.05, 3.63) is 64.7 Å². The molecule has 2 aromatic rings. The number of benzene rings is 2. The molecule has 0 spiro atoms. The maximum Gasteiger partial charge on any atom is 0.263 e. The predicted molar refractivity (Wildman–Crippen MR) is 136 cm³/mol. The Labute approximate surface area is 206 Å². The van der Waals surface area contributed by atoms with Crippen LogP contribution in [0.1, 0.15) is 54.5 Å². The predicted octanol–water partition coefficient (Wildman–Crippen LogP) is 4.61. The maximum atomic E-state index is 13.3. The summed E-state index contributed by atoms with van der Waals surface area (Å²) in [5.74, 6) is 3.23. The zero-order valence-electron chi connectivity index (χ0n) is 20.2. The van der Waals surface area contributed by atoms with E-state index < -0.39 is 6.10 Å². The number of amides is 2. The number of fused-ring (bicyclic) bond motifs is 1. The molecular formula is C28H34N2O3S. The van der Waals surface area contributed by atoms with Gasteiger partial charge in [0.1, 0.15) is 5.75 Å². The molecule has 6 heteroatoms. The van der Waals surface area contributed by atoms with Crippen molar-refractivity contribution < 1.29 is 14.3 Å². The van der Waals surface area contributed by atoms with Gasteiger partial charge in [0.25, 0.3) is 5.91 Å². The number of hydrogen-bond acceptors (Lipinski definition) is 4. The van der Waals surface area contributed by atoms with Gasteiger partial charge in [-0.15, -0.1) is 0 Å². The summed E-state index contributed by atoms with van der Waals surface area (Å²) < 4.78 is 6.31. The molecule has 2 aliphatic heterocycles. The molecule has 5 rings (SSSR count). The van der Waals surface area contributed by atoms with Crippen LogP contribution < -0.4 is 4.74 Å². The van der Waals surface area contributed by atoms with Gasteiger partial charge in [-0.3, -0.25) is 9.59 Å². The van der Waals surface area contributed by atoms with Crippen LogP contribution in [0.3, 0.4) is 0 Å². The van der Waals surface area contributed by atoms with E-state index in [4.69, 9.17) is 4.74 Å². The fraction of sp³-hybridized carbons (Fsp3) is 0.500. The highest BCUT2D eigenvalue weighted by Crippen LogP contribution is 2.41. The van der Waals surface area contributed by atoms with Gasteiger partial charge in [-0.2, -0.15) is 11.8 Å². The molecule has 3 aliphatic rings. The zero-order valence-corrected chi connectivity index (χ0v) is 21.0. The van der Waals surface area contributed by atoms with E-state index in [2.05, 4.69) is 48.2 Å². The van der Waals surface area contributed by atoms with Crippen molar-refractivity contribution in [2.24, 2.45) is 5.92 Å². The molecule has 0 unspecified atom stereocenters. The summed E-state index contributed by atoms with van der Waals surface area (Å²) in [5, 5.41) is 0. The topological polar surface area (TPSA) is 49.9 Å². The Morgan fingerprint density at radius 1 is 1.09 bits per heavy atom. The highest BCUT2D eigenvalue weighted by molar-refractivity contribution is 7.99. The van der Waals surface area contributed by atoms with E-state index in [9.17, 15) is 9.59 Å². The van der Waals surface area contributed by atoms with E-state index >= 15 is 0 Å². The van der Waals surface area contributed by atoms with Crippen molar-refractivity contribution in [1.29, 1.82) is 0 Å². The average molecular weight is 479 g/mol. The molecular weight excluding hydrogens is 444 g/mol. The summed E-state index contributed by atoms with van der Waals surface area (Å²) in [7, 11) is 0. The van der Waals surface area contributed by atoms with E-state index in [-0.39, 0.29) is 23.8 Å². The lowest BCUT2D eigenvalue weighted by molar-refractivity contribution is -0.138. The van der Waals surface area contributed by atoms with E-state index in [0.717, 1.165) is 61.5 Å². The van der Waals surface area contributed by atoms with Gasteiger partial charge in [0.05, 0.1) is 6.04 Å². The van der Waals surface area contributed by atoms with Gasteiger partial charge >= 0.3 is 0 Å². The van der Waals surface area contributed by atoms with Crippen LogP contribution in [-0.4, -0.2) is 58.9 Å². The van der Waals surface area contributed by atoms with Crippen molar-refractivity contribution in [3.8, 4) is 5.75 Å². The largest absolute Gasteiger partial charge is 0.481 e. The van der Waals surface area contributed by atoms with Crippen molar-refractivity contribution >= 4 is 23.6 Å². The highest BCUT2D eigenvalue weighted by atomic mass is 32.2. The number of carbonyl (C=O) groups is 2. The normalized spacial score (nSPS) is 21.1. The Bertz CT molecular complexity index is 1060. The molecule has 5 nitrogen and oxygen atoms in total. The van der Waals surface area contributed by atoms with E-state index in [1.165, 1.54) is 11.1 Å². The Hall–Kier alpha value is -2.47. The van der Waals surface area contributed by atoms with E-state index in [0.29, 0.717) is 12.2 Å². The Balaban J connectivity index is 1.45. The molecule has 0 N–H and O–H groups in total. The maximum absolute atomic E-state index is 13.3. The van der Waals surface area contributed by atoms with Gasteiger partial charge in [-0.25, -0.2) is 0 Å². The van der Waals surface area contributed by atoms with Crippen LogP contribution in [0.4, 0.5) is 0 Å². The second kappa shape index (κ2) is 10.0. The minimum atomic E-state index is -0.480. The molecule has 2 fully saturated rings. The Morgan fingerprint density at radius 2 is 1.88 bits per heavy atom. The zero-order chi connectivity index (χ0) is 23.7. The first-order valence-electron chi connectivity index (χ1n) is 12.6. The third-order valence-corrected chi connectivity index (χ3v) is 8.10. The van der Waals surface area contributed by atoms with E-state index in [1.807, 2.05) is 29.7 Å². The summed E-state index contributed by atoms with van der Waals surface area (Å²) in [6.45, 7) is 6.42. The molecule has 34 heavy (non-hydrogen) atoms. The first-order valence-corrected chi connectivity index (χ1v) is 13.7. The number of ether oxygens (including phenoxy) is 1. The molecule has 2 atom stereocenters. The van der Waals surface area contributed by atoms with Crippen LogP contribution in [0, 0.1) is 12.8 Å². The Kier molecular flexibility index (Phi) is 6.87. The number of rotatable bonds is 6. The molecule has 2 aromatic carbocycles. The monoisotopic (exact) mass is 478 g/mol. The average Bonchev–Trinajstić information content (AvgIpc) is 3.72. The lowest BCUT2D eigenvalue weighted by Crippen LogP contribution is -2.45. The number of aryl methyl sites for hydroxylation is 1. The van der Waals surface area contributed by atoms with Gasteiger partial charge < -0.3 is 14.5 Å². The number of carbonyl (C=O) groups excluding carboxylic acids is 2. The molecule has 1 saturated heterocycles. The second-order valence-corrected chi connectivity index (χ2v) is 10.9. The Morgan fingerprint density at radius 3 is 2.59 bits per heavy atom. The highest BCUT2D eigenvalue weighted by Gasteiger charge is 2.39. The van der Waals surface area contributed by atoms with Gasteiger partial charge in [0, 0.05) is 37.1 Å². The lowest BCUT2D eigenvalue weighted by atomic mass is 9.87. The molecule has 0 bridgehead atoms. The van der Waals surface area contributed by atoms with Crippen molar-refractivity contribution in [2.45, 2.75) is 51.7 Å². The third-order valence-electron chi connectivity index (χ3n) is 7.16. The molecule has 180 valence electrons. The van der Waals surface area contributed by atoms with E-state index in [1.54, 1.807) is 0 Å². The molecule has 1 aliphatic carbocycles. The van der Waals surface area contributed by atoms with Crippen molar-refractivity contribution in [1.82, 2.24) is 9.80 Å². The summed E-state index contributed by atoms with van der Waals surface area (Å²) in [5.41, 5.74) is 4.71. The first-order chi connectivity index (χ1) is 16.5. The summed E-state index contributed by atoms with van der Waals surface area (Å²) in [4.78, 5) is 30.4. The lowest BCUT2D eigenvalue weighted by Gasteiger charge is -2.38. The molecule has 0 aromatic heterocycles. The van der Waals surface area contributed by atoms with Crippen LogP contribution in [0.2, 0.25) is 0 Å². The molecule has 2 heterocycles. The summed E-state index contributed by atoms with van der Waals surface area (Å²) in [6.07, 6.45) is 3.00. The van der Waals surface area contributed by atoms with Crippen LogP contribution in [-0.2, 0) is 16.0 Å².